The second-order valence-electron chi connectivity index (χ2n) is 7.32. The third kappa shape index (κ3) is 4.27. The molecule has 0 bridgehead atoms. The smallest absolute Gasteiger partial charge is 0.337 e. The summed E-state index contributed by atoms with van der Waals surface area (Å²) in [7, 11) is 1.51. The molecule has 1 aromatic carbocycles. The van der Waals surface area contributed by atoms with E-state index in [-0.39, 0.29) is 11.1 Å². The van der Waals surface area contributed by atoms with Crippen LogP contribution in [0.1, 0.15) is 45.6 Å². The lowest BCUT2D eigenvalue weighted by Crippen LogP contribution is -2.35. The number of hydrogen-bond acceptors (Lipinski definition) is 5. The molecule has 28 heavy (non-hydrogen) atoms. The molecule has 0 radical (unpaired) electrons. The first kappa shape index (κ1) is 21.3. The summed E-state index contributed by atoms with van der Waals surface area (Å²) in [6.07, 6.45) is 2.15. The molecule has 0 spiro atoms. The molecular weight excluding hydrogens is 358 g/mol. The molecule has 0 amide bonds. The van der Waals surface area contributed by atoms with Crippen LogP contribution >= 0.6 is 0 Å². The molecule has 2 N–H and O–H groups in total. The van der Waals surface area contributed by atoms with Crippen molar-refractivity contribution in [1.82, 2.24) is 5.32 Å². The standard InChI is InChI=1S/C22H27NO5/c1-7-12-22(4,5)28-21(26)18-14(3)23-13(2)17(20(24)25)19(18)15-10-8-9-11-16(15)27-6/h7-11,19,23H,1,12H2,2-6H3,(H,24,25). The summed E-state index contributed by atoms with van der Waals surface area (Å²) < 4.78 is 11.2. The molecule has 150 valence electrons. The zero-order valence-electron chi connectivity index (χ0n) is 17.0. The lowest BCUT2D eigenvalue weighted by molar-refractivity contribution is -0.151. The lowest BCUT2D eigenvalue weighted by Gasteiger charge is -2.32. The number of rotatable bonds is 7. The molecule has 0 aliphatic carbocycles. The molecule has 1 aliphatic rings. The van der Waals surface area contributed by atoms with E-state index < -0.39 is 23.5 Å². The number of carboxylic acids is 1. The second-order valence-corrected chi connectivity index (χ2v) is 7.32. The Labute approximate surface area is 165 Å². The molecular formula is C22H27NO5. The summed E-state index contributed by atoms with van der Waals surface area (Å²) in [4.78, 5) is 25.2. The van der Waals surface area contributed by atoms with Crippen molar-refractivity contribution < 1.29 is 24.2 Å². The van der Waals surface area contributed by atoms with Gasteiger partial charge in [0.2, 0.25) is 0 Å². The maximum Gasteiger partial charge on any atom is 0.337 e. The van der Waals surface area contributed by atoms with Gasteiger partial charge in [-0.25, -0.2) is 9.59 Å². The van der Waals surface area contributed by atoms with E-state index in [9.17, 15) is 14.7 Å². The van der Waals surface area contributed by atoms with Crippen molar-refractivity contribution in [3.8, 4) is 5.75 Å². The van der Waals surface area contributed by atoms with Gasteiger partial charge < -0.3 is 19.9 Å². The number of carbonyl (C=O) groups excluding carboxylic acids is 1. The maximum absolute atomic E-state index is 13.1. The van der Waals surface area contributed by atoms with Gasteiger partial charge in [0.15, 0.2) is 0 Å². The van der Waals surface area contributed by atoms with Crippen LogP contribution in [0.2, 0.25) is 0 Å². The molecule has 2 rings (SSSR count). The predicted octanol–water partition coefficient (Wildman–Crippen LogP) is 3.91. The number of methoxy groups -OCH3 is 1. The van der Waals surface area contributed by atoms with E-state index in [1.807, 2.05) is 0 Å². The molecule has 1 aliphatic heterocycles. The van der Waals surface area contributed by atoms with Gasteiger partial charge in [0, 0.05) is 23.4 Å². The number of allylic oxidation sites excluding steroid dienone is 2. The van der Waals surface area contributed by atoms with Gasteiger partial charge in [0.05, 0.1) is 24.2 Å². The Morgan fingerprint density at radius 3 is 2.39 bits per heavy atom. The van der Waals surface area contributed by atoms with Crippen LogP contribution in [0.15, 0.2) is 59.5 Å². The molecule has 0 saturated heterocycles. The predicted molar refractivity (Wildman–Crippen MR) is 107 cm³/mol. The summed E-state index contributed by atoms with van der Waals surface area (Å²) in [5, 5.41) is 12.9. The SMILES string of the molecule is C=CCC(C)(C)OC(=O)C1=C(C)NC(C)=C(C(=O)O)C1c1ccccc1OC. The minimum Gasteiger partial charge on any atom is -0.496 e. The highest BCUT2D eigenvalue weighted by Gasteiger charge is 2.39. The Hall–Kier alpha value is -3.02. The van der Waals surface area contributed by atoms with E-state index in [0.29, 0.717) is 29.1 Å². The molecule has 1 heterocycles. The van der Waals surface area contributed by atoms with Crippen LogP contribution in [-0.4, -0.2) is 29.8 Å². The highest BCUT2D eigenvalue weighted by molar-refractivity contribution is 5.99. The maximum atomic E-state index is 13.1. The molecule has 1 aromatic rings. The largest absolute Gasteiger partial charge is 0.496 e. The van der Waals surface area contributed by atoms with Crippen molar-refractivity contribution >= 4 is 11.9 Å². The van der Waals surface area contributed by atoms with Crippen molar-refractivity contribution in [3.05, 3.63) is 65.0 Å². The number of para-hydroxylation sites is 1. The molecule has 0 saturated carbocycles. The number of hydrogen-bond donors (Lipinski definition) is 2. The van der Waals surface area contributed by atoms with Crippen LogP contribution < -0.4 is 10.1 Å². The summed E-state index contributed by atoms with van der Waals surface area (Å²) in [6, 6.07) is 7.09. The number of nitrogens with one attached hydrogen (secondary N) is 1. The van der Waals surface area contributed by atoms with E-state index in [4.69, 9.17) is 9.47 Å². The first-order chi connectivity index (χ1) is 13.1. The van der Waals surface area contributed by atoms with E-state index >= 15 is 0 Å². The van der Waals surface area contributed by atoms with Crippen LogP contribution in [-0.2, 0) is 14.3 Å². The summed E-state index contributed by atoms with van der Waals surface area (Å²) in [5.74, 6) is -1.99. The van der Waals surface area contributed by atoms with Crippen molar-refractivity contribution in [2.45, 2.75) is 45.6 Å². The Morgan fingerprint density at radius 2 is 1.82 bits per heavy atom. The normalized spacial score (nSPS) is 17.1. The van der Waals surface area contributed by atoms with Crippen molar-refractivity contribution in [1.29, 1.82) is 0 Å². The zero-order chi connectivity index (χ0) is 21.1. The number of ether oxygens (including phenoxy) is 2. The van der Waals surface area contributed by atoms with Crippen molar-refractivity contribution in [2.24, 2.45) is 0 Å². The topological polar surface area (TPSA) is 84.9 Å². The van der Waals surface area contributed by atoms with Gasteiger partial charge >= 0.3 is 11.9 Å². The van der Waals surface area contributed by atoms with E-state index in [0.717, 1.165) is 0 Å². The van der Waals surface area contributed by atoms with E-state index in [2.05, 4.69) is 11.9 Å². The Balaban J connectivity index is 2.64. The minimum atomic E-state index is -1.11. The molecule has 1 atom stereocenters. The van der Waals surface area contributed by atoms with Gasteiger partial charge in [-0.3, -0.25) is 0 Å². The molecule has 0 aromatic heterocycles. The fraction of sp³-hybridized carbons (Fsp3) is 0.364. The summed E-state index contributed by atoms with van der Waals surface area (Å²) in [6.45, 7) is 10.7. The number of esters is 1. The van der Waals surface area contributed by atoms with Gasteiger partial charge in [-0.05, 0) is 33.8 Å². The number of benzene rings is 1. The van der Waals surface area contributed by atoms with Gasteiger partial charge in [0.1, 0.15) is 11.4 Å². The van der Waals surface area contributed by atoms with Crippen LogP contribution in [0.5, 0.6) is 5.75 Å². The van der Waals surface area contributed by atoms with Gasteiger partial charge in [-0.2, -0.15) is 0 Å². The quantitative estimate of drug-likeness (QED) is 0.547. The van der Waals surface area contributed by atoms with Crippen LogP contribution in [0, 0.1) is 0 Å². The Morgan fingerprint density at radius 1 is 1.21 bits per heavy atom. The second kappa shape index (κ2) is 8.33. The number of dihydropyridines is 1. The molecule has 0 fully saturated rings. The number of aliphatic carboxylic acids is 1. The lowest BCUT2D eigenvalue weighted by atomic mass is 9.80. The summed E-state index contributed by atoms with van der Waals surface area (Å²) >= 11 is 0. The first-order valence-electron chi connectivity index (χ1n) is 9.02. The third-order valence-electron chi connectivity index (χ3n) is 4.67. The van der Waals surface area contributed by atoms with Crippen molar-refractivity contribution in [2.75, 3.05) is 7.11 Å². The first-order valence-corrected chi connectivity index (χ1v) is 9.02. The minimum absolute atomic E-state index is 0.0866. The van der Waals surface area contributed by atoms with Gasteiger partial charge in [-0.15, -0.1) is 6.58 Å². The number of carbonyl (C=O) groups is 2. The average molecular weight is 385 g/mol. The molecule has 6 nitrogen and oxygen atoms in total. The average Bonchev–Trinajstić information content (AvgIpc) is 2.59. The van der Waals surface area contributed by atoms with Crippen molar-refractivity contribution in [3.63, 3.8) is 0 Å². The zero-order valence-corrected chi connectivity index (χ0v) is 17.0. The molecule has 1 unspecified atom stereocenters. The van der Waals surface area contributed by atoms with Crippen LogP contribution in [0.3, 0.4) is 0 Å². The van der Waals surface area contributed by atoms with E-state index in [1.54, 1.807) is 58.0 Å². The van der Waals surface area contributed by atoms with Gasteiger partial charge in [-0.1, -0.05) is 24.3 Å². The van der Waals surface area contributed by atoms with E-state index in [1.165, 1.54) is 7.11 Å². The summed E-state index contributed by atoms with van der Waals surface area (Å²) in [5.41, 5.74) is 1.20. The van der Waals surface area contributed by atoms with Gasteiger partial charge in [0.25, 0.3) is 0 Å². The highest BCUT2D eigenvalue weighted by Crippen LogP contribution is 2.42. The van der Waals surface area contributed by atoms with Crippen LogP contribution in [0.4, 0.5) is 0 Å². The monoisotopic (exact) mass is 385 g/mol. The van der Waals surface area contributed by atoms with Crippen LogP contribution in [0.25, 0.3) is 0 Å². The fourth-order valence-electron chi connectivity index (χ4n) is 3.46. The Kier molecular flexibility index (Phi) is 6.33. The number of carboxylic acid groups (broad SMARTS) is 1. The Bertz CT molecular complexity index is 863. The fourth-order valence-corrected chi connectivity index (χ4v) is 3.46. The third-order valence-corrected chi connectivity index (χ3v) is 4.67. The highest BCUT2D eigenvalue weighted by atomic mass is 16.6. The molecule has 6 heteroatoms.